The van der Waals surface area contributed by atoms with Crippen molar-refractivity contribution in [3.63, 3.8) is 0 Å². The predicted octanol–water partition coefficient (Wildman–Crippen LogP) is 3.67. The van der Waals surface area contributed by atoms with Gasteiger partial charge >= 0.3 is 0 Å². The first-order valence-corrected chi connectivity index (χ1v) is 10.3. The Morgan fingerprint density at radius 3 is 2.48 bits per heavy atom. The Morgan fingerprint density at radius 2 is 1.76 bits per heavy atom. The van der Waals surface area contributed by atoms with E-state index >= 15 is 0 Å². The van der Waals surface area contributed by atoms with Crippen molar-refractivity contribution in [3.05, 3.63) is 76.5 Å². The molecule has 1 saturated heterocycles. The third-order valence-electron chi connectivity index (χ3n) is 4.95. The summed E-state index contributed by atoms with van der Waals surface area (Å²) in [6.07, 6.45) is 0. The van der Waals surface area contributed by atoms with Crippen LogP contribution in [0.15, 0.2) is 65.4 Å². The number of thiophene rings is 1. The summed E-state index contributed by atoms with van der Waals surface area (Å²) < 4.78 is 0. The van der Waals surface area contributed by atoms with Gasteiger partial charge < -0.3 is 20.2 Å². The first kappa shape index (κ1) is 19.0. The largest absolute Gasteiger partial charge is 0.508 e. The number of amides is 2. The maximum atomic E-state index is 13.1. The number of carbonyl (C=O) groups excluding carboxylic acids is 2. The number of rotatable bonds is 4. The second-order valence-corrected chi connectivity index (χ2v) is 7.59. The maximum Gasteiger partial charge on any atom is 0.256 e. The number of nitrogens with zero attached hydrogens (tertiary/aromatic N) is 2. The lowest BCUT2D eigenvalue weighted by Crippen LogP contribution is -2.48. The summed E-state index contributed by atoms with van der Waals surface area (Å²) in [4.78, 5) is 29.4. The molecule has 1 aromatic heterocycles. The first-order chi connectivity index (χ1) is 14.1. The van der Waals surface area contributed by atoms with Crippen LogP contribution in [0.3, 0.4) is 0 Å². The SMILES string of the molecule is O=C(Nc1ccccc1C(=O)N1CCN(c2cccc(O)c2)CC1)c1ccsc1. The van der Waals surface area contributed by atoms with Crippen molar-refractivity contribution in [1.82, 2.24) is 4.90 Å². The summed E-state index contributed by atoms with van der Waals surface area (Å²) in [5.41, 5.74) is 2.53. The highest BCUT2D eigenvalue weighted by atomic mass is 32.1. The van der Waals surface area contributed by atoms with Crippen LogP contribution in [0, 0.1) is 0 Å². The van der Waals surface area contributed by atoms with Crippen molar-refractivity contribution in [2.75, 3.05) is 36.4 Å². The molecule has 3 aromatic rings. The minimum absolute atomic E-state index is 0.0956. The predicted molar refractivity (Wildman–Crippen MR) is 115 cm³/mol. The van der Waals surface area contributed by atoms with Crippen molar-refractivity contribution < 1.29 is 14.7 Å². The minimum Gasteiger partial charge on any atom is -0.508 e. The van der Waals surface area contributed by atoms with Crippen molar-refractivity contribution in [2.24, 2.45) is 0 Å². The molecule has 0 spiro atoms. The zero-order valence-electron chi connectivity index (χ0n) is 15.7. The minimum atomic E-state index is -0.222. The van der Waals surface area contributed by atoms with Gasteiger partial charge in [0.2, 0.25) is 0 Å². The van der Waals surface area contributed by atoms with Gasteiger partial charge in [0.05, 0.1) is 16.8 Å². The van der Waals surface area contributed by atoms with Gasteiger partial charge in [-0.3, -0.25) is 9.59 Å². The molecular weight excluding hydrogens is 386 g/mol. The Kier molecular flexibility index (Phi) is 5.48. The molecule has 29 heavy (non-hydrogen) atoms. The molecular formula is C22H21N3O3S. The summed E-state index contributed by atoms with van der Waals surface area (Å²) in [7, 11) is 0. The Morgan fingerprint density at radius 1 is 0.966 bits per heavy atom. The standard InChI is InChI=1S/C22H21N3O3S/c26-18-5-3-4-17(14-18)24-9-11-25(12-10-24)22(28)19-6-1-2-7-20(19)23-21(27)16-8-13-29-15-16/h1-8,13-15,26H,9-12H2,(H,23,27). The van der Waals surface area contributed by atoms with Gasteiger partial charge in [0.25, 0.3) is 11.8 Å². The molecule has 1 aliphatic heterocycles. The van der Waals surface area contributed by atoms with Crippen LogP contribution in [-0.2, 0) is 0 Å². The normalized spacial score (nSPS) is 13.9. The van der Waals surface area contributed by atoms with E-state index in [0.29, 0.717) is 43.0 Å². The van der Waals surface area contributed by atoms with Crippen LogP contribution in [0.2, 0.25) is 0 Å². The Balaban J connectivity index is 1.45. The average molecular weight is 407 g/mol. The summed E-state index contributed by atoms with van der Waals surface area (Å²) in [6.45, 7) is 2.50. The number of phenolic OH excluding ortho intramolecular Hbond substituents is 1. The monoisotopic (exact) mass is 407 g/mol. The third-order valence-corrected chi connectivity index (χ3v) is 5.63. The molecule has 1 fully saturated rings. The molecule has 0 bridgehead atoms. The van der Waals surface area contributed by atoms with Crippen molar-refractivity contribution >= 4 is 34.5 Å². The van der Waals surface area contributed by atoms with Crippen LogP contribution in [0.5, 0.6) is 5.75 Å². The molecule has 2 aromatic carbocycles. The second kappa shape index (κ2) is 8.36. The fraction of sp³-hybridized carbons (Fsp3) is 0.182. The van der Waals surface area contributed by atoms with Crippen LogP contribution in [0.1, 0.15) is 20.7 Å². The number of benzene rings is 2. The molecule has 0 atom stereocenters. The van der Waals surface area contributed by atoms with Crippen molar-refractivity contribution in [2.45, 2.75) is 0 Å². The number of phenols is 1. The van der Waals surface area contributed by atoms with Gasteiger partial charge in [0.1, 0.15) is 5.75 Å². The van der Waals surface area contributed by atoms with Gasteiger partial charge in [-0.2, -0.15) is 11.3 Å². The first-order valence-electron chi connectivity index (χ1n) is 9.37. The highest BCUT2D eigenvalue weighted by Crippen LogP contribution is 2.23. The van der Waals surface area contributed by atoms with E-state index in [1.54, 1.807) is 52.7 Å². The number of aromatic hydroxyl groups is 1. The number of para-hydroxylation sites is 1. The molecule has 0 aliphatic carbocycles. The van der Waals surface area contributed by atoms with E-state index in [-0.39, 0.29) is 17.6 Å². The van der Waals surface area contributed by atoms with Crippen LogP contribution in [0.25, 0.3) is 0 Å². The van der Waals surface area contributed by atoms with Crippen LogP contribution < -0.4 is 10.2 Å². The van der Waals surface area contributed by atoms with Crippen LogP contribution >= 0.6 is 11.3 Å². The number of nitrogens with one attached hydrogen (secondary N) is 1. The molecule has 2 amide bonds. The third kappa shape index (κ3) is 4.25. The van der Waals surface area contributed by atoms with Crippen LogP contribution in [-0.4, -0.2) is 48.0 Å². The zero-order chi connectivity index (χ0) is 20.2. The highest BCUT2D eigenvalue weighted by molar-refractivity contribution is 7.08. The Bertz CT molecular complexity index is 1010. The van der Waals surface area contributed by atoms with Gasteiger partial charge in [0.15, 0.2) is 0 Å². The maximum absolute atomic E-state index is 13.1. The zero-order valence-corrected chi connectivity index (χ0v) is 16.6. The summed E-state index contributed by atoms with van der Waals surface area (Å²) in [5, 5.41) is 16.2. The molecule has 7 heteroatoms. The average Bonchev–Trinajstić information content (AvgIpc) is 3.29. The lowest BCUT2D eigenvalue weighted by Gasteiger charge is -2.36. The molecule has 2 heterocycles. The second-order valence-electron chi connectivity index (χ2n) is 6.81. The summed E-state index contributed by atoms with van der Waals surface area (Å²) >= 11 is 1.45. The van der Waals surface area contributed by atoms with E-state index in [1.165, 1.54) is 11.3 Å². The highest BCUT2D eigenvalue weighted by Gasteiger charge is 2.24. The van der Waals surface area contributed by atoms with E-state index in [1.807, 2.05) is 17.5 Å². The molecule has 0 radical (unpaired) electrons. The van der Waals surface area contributed by atoms with Crippen molar-refractivity contribution in [1.29, 1.82) is 0 Å². The lowest BCUT2D eigenvalue weighted by atomic mass is 10.1. The molecule has 1 aliphatic rings. The Labute approximate surface area is 173 Å². The summed E-state index contributed by atoms with van der Waals surface area (Å²) in [5.74, 6) is -0.0849. The van der Waals surface area contributed by atoms with E-state index in [9.17, 15) is 14.7 Å². The van der Waals surface area contributed by atoms with Gasteiger partial charge in [-0.15, -0.1) is 0 Å². The fourth-order valence-corrected chi connectivity index (χ4v) is 4.03. The number of carbonyl (C=O) groups is 2. The van der Waals surface area contributed by atoms with Crippen LogP contribution in [0.4, 0.5) is 11.4 Å². The topological polar surface area (TPSA) is 72.9 Å². The van der Waals surface area contributed by atoms with E-state index < -0.39 is 0 Å². The number of piperazine rings is 1. The quantitative estimate of drug-likeness (QED) is 0.692. The van der Waals surface area contributed by atoms with Gasteiger partial charge in [-0.25, -0.2) is 0 Å². The number of anilines is 2. The molecule has 4 rings (SSSR count). The molecule has 148 valence electrons. The van der Waals surface area contributed by atoms with Gasteiger partial charge in [-0.1, -0.05) is 18.2 Å². The van der Waals surface area contributed by atoms with E-state index in [0.717, 1.165) is 5.69 Å². The molecule has 0 saturated carbocycles. The number of hydrogen-bond acceptors (Lipinski definition) is 5. The van der Waals surface area contributed by atoms with Gasteiger partial charge in [-0.05, 0) is 35.7 Å². The molecule has 2 N–H and O–H groups in total. The number of hydrogen-bond donors (Lipinski definition) is 2. The lowest BCUT2D eigenvalue weighted by molar-refractivity contribution is 0.0748. The molecule has 6 nitrogen and oxygen atoms in total. The molecule has 0 unspecified atom stereocenters. The van der Waals surface area contributed by atoms with Gasteiger partial charge in [0, 0.05) is 43.3 Å². The summed E-state index contributed by atoms with van der Waals surface area (Å²) in [6, 6.07) is 16.0. The Hall–Kier alpha value is -3.32. The van der Waals surface area contributed by atoms with E-state index in [2.05, 4.69) is 10.2 Å². The fourth-order valence-electron chi connectivity index (χ4n) is 3.39. The smallest absolute Gasteiger partial charge is 0.256 e. The van der Waals surface area contributed by atoms with E-state index in [4.69, 9.17) is 0 Å². The van der Waals surface area contributed by atoms with Crippen molar-refractivity contribution in [3.8, 4) is 5.75 Å².